The first-order valence-electron chi connectivity index (χ1n) is 0.786. The summed E-state index contributed by atoms with van der Waals surface area (Å²) < 4.78 is 34.1. The first-order valence-corrected chi connectivity index (χ1v) is 6.74. The summed E-state index contributed by atoms with van der Waals surface area (Å²) >= 11 is 4.72. The Kier molecular flexibility index (Phi) is 50.8. The molecule has 0 aliphatic carbocycles. The van der Waals surface area contributed by atoms with Gasteiger partial charge in [-0.2, -0.15) is 0 Å². The molecule has 0 unspecified atom stereocenters. The molecule has 0 amide bonds. The van der Waals surface area contributed by atoms with Crippen molar-refractivity contribution in [2.45, 2.75) is 0 Å². The molecule has 0 aliphatic rings. The van der Waals surface area contributed by atoms with Crippen LogP contribution in [0.2, 0.25) is 0 Å². The van der Waals surface area contributed by atoms with Crippen molar-refractivity contribution in [2.75, 3.05) is 0 Å². The Morgan fingerprint density at radius 1 is 1.10 bits per heavy atom. The van der Waals surface area contributed by atoms with Gasteiger partial charge in [-0.1, -0.05) is 0 Å². The molecule has 10 heavy (non-hydrogen) atoms. The van der Waals surface area contributed by atoms with Crippen LogP contribution in [0, 0.1) is 0 Å². The SMILES string of the molecule is O.O.O=S(=O)([O-])[O-].[Pd+2].[Pd][I]. The number of hydrogen-bond acceptors (Lipinski definition) is 4. The molecule has 0 saturated carbocycles. The van der Waals surface area contributed by atoms with Gasteiger partial charge in [-0.05, 0) is 0 Å². The molecule has 6 nitrogen and oxygen atoms in total. The van der Waals surface area contributed by atoms with Gasteiger partial charge in [0.05, 0.1) is 0 Å². The summed E-state index contributed by atoms with van der Waals surface area (Å²) in [6, 6.07) is 0. The zero-order valence-electron chi connectivity index (χ0n) is 4.05. The van der Waals surface area contributed by atoms with Crippen molar-refractivity contribution in [3.8, 4) is 0 Å². The molecular formula is H4IO6Pd2S. The minimum atomic E-state index is -5.17. The molecule has 73 valence electrons. The summed E-state index contributed by atoms with van der Waals surface area (Å²) in [5.74, 6) is 0. The van der Waals surface area contributed by atoms with Crippen LogP contribution in [0.4, 0.5) is 0 Å². The molecule has 0 spiro atoms. The molecule has 0 aliphatic heterocycles. The molecular weight excluding hydrogens is 468 g/mol. The zero-order valence-corrected chi connectivity index (χ0v) is 10.1. The Labute approximate surface area is 93.4 Å². The summed E-state index contributed by atoms with van der Waals surface area (Å²) in [5, 5.41) is 0. The van der Waals surface area contributed by atoms with Crippen molar-refractivity contribution in [3.05, 3.63) is 0 Å². The monoisotopic (exact) mass is 471 g/mol. The van der Waals surface area contributed by atoms with Gasteiger partial charge in [-0.25, -0.2) is 0 Å². The second kappa shape index (κ2) is 17.1. The average Bonchev–Trinajstić information content (AvgIpc) is 1.36. The molecule has 0 radical (unpaired) electrons. The van der Waals surface area contributed by atoms with Gasteiger partial charge in [0.2, 0.25) is 0 Å². The third-order valence-electron chi connectivity index (χ3n) is 0. The number of hydrogen-bond donors (Lipinski definition) is 0. The maximum atomic E-state index is 8.52. The number of rotatable bonds is 0. The summed E-state index contributed by atoms with van der Waals surface area (Å²) in [7, 11) is -5.17. The van der Waals surface area contributed by atoms with Gasteiger partial charge in [0.1, 0.15) is 0 Å². The van der Waals surface area contributed by atoms with Crippen LogP contribution in [0.1, 0.15) is 0 Å². The molecule has 0 aromatic heterocycles. The van der Waals surface area contributed by atoms with Crippen LogP contribution >= 0.6 is 19.5 Å². The summed E-state index contributed by atoms with van der Waals surface area (Å²) in [5.41, 5.74) is 0. The molecule has 0 bridgehead atoms. The van der Waals surface area contributed by atoms with Crippen LogP contribution in [-0.2, 0) is 46.4 Å². The standard InChI is InChI=1S/HI.H2O4S.2H2O.2Pd/c;1-5(2,3)4;;;;/h1H;(H2,1,2,3,4);2*1H2;;/q;;;;+1;+2/p-3. The van der Waals surface area contributed by atoms with Crippen LogP contribution in [0.25, 0.3) is 0 Å². The fourth-order valence-corrected chi connectivity index (χ4v) is 0. The molecule has 0 heterocycles. The van der Waals surface area contributed by atoms with Crippen molar-refractivity contribution >= 4 is 29.9 Å². The molecule has 0 saturated heterocycles. The van der Waals surface area contributed by atoms with E-state index in [1.54, 1.807) is 0 Å². The van der Waals surface area contributed by atoms with Crippen molar-refractivity contribution < 1.29 is 64.5 Å². The van der Waals surface area contributed by atoms with E-state index in [-0.39, 0.29) is 31.4 Å². The average molecular weight is 472 g/mol. The predicted octanol–water partition coefficient (Wildman–Crippen LogP) is -2.11. The van der Waals surface area contributed by atoms with Crippen LogP contribution in [0.5, 0.6) is 0 Å². The Bertz CT molecular complexity index is 98.9. The van der Waals surface area contributed by atoms with Crippen molar-refractivity contribution in [2.24, 2.45) is 0 Å². The first-order chi connectivity index (χ1) is 3.00. The molecule has 0 aromatic rings. The summed E-state index contributed by atoms with van der Waals surface area (Å²) in [6.07, 6.45) is 0. The quantitative estimate of drug-likeness (QED) is 0.172. The first kappa shape index (κ1) is 29.7. The van der Waals surface area contributed by atoms with Crippen molar-refractivity contribution in [1.29, 1.82) is 0 Å². The van der Waals surface area contributed by atoms with Gasteiger partial charge in [-0.3, -0.25) is 8.42 Å². The van der Waals surface area contributed by atoms with Crippen molar-refractivity contribution in [1.82, 2.24) is 0 Å². The van der Waals surface area contributed by atoms with Gasteiger partial charge < -0.3 is 20.1 Å². The molecule has 0 fully saturated rings. The van der Waals surface area contributed by atoms with E-state index in [4.69, 9.17) is 17.5 Å². The Balaban J connectivity index is -0.0000000154. The second-order valence-corrected chi connectivity index (χ2v) is 1.22. The minimum absolute atomic E-state index is 0. The van der Waals surface area contributed by atoms with E-state index < -0.39 is 10.4 Å². The molecule has 0 atom stereocenters. The van der Waals surface area contributed by atoms with Gasteiger partial charge in [0.15, 0.2) is 0 Å². The Hall–Kier alpha value is 1.84. The van der Waals surface area contributed by atoms with E-state index in [0.29, 0.717) is 0 Å². The van der Waals surface area contributed by atoms with E-state index in [2.05, 4.69) is 15.6 Å². The Morgan fingerprint density at radius 2 is 1.10 bits per heavy atom. The second-order valence-electron chi connectivity index (χ2n) is 0.408. The normalized spacial score (nSPS) is 6.50. The third kappa shape index (κ3) is 226. The fraction of sp³-hybridized carbons (Fsp3) is 0. The van der Waals surface area contributed by atoms with Crippen LogP contribution in [0.3, 0.4) is 0 Å². The van der Waals surface area contributed by atoms with Crippen molar-refractivity contribution in [3.63, 3.8) is 0 Å². The van der Waals surface area contributed by atoms with Gasteiger partial charge in [-0.15, -0.1) is 0 Å². The van der Waals surface area contributed by atoms with E-state index in [1.165, 1.54) is 0 Å². The van der Waals surface area contributed by atoms with E-state index in [0.717, 1.165) is 0 Å². The van der Waals surface area contributed by atoms with Crippen LogP contribution in [-0.4, -0.2) is 28.5 Å². The third-order valence-corrected chi connectivity index (χ3v) is 0. The van der Waals surface area contributed by atoms with E-state index in [9.17, 15) is 0 Å². The molecule has 0 rings (SSSR count). The summed E-state index contributed by atoms with van der Waals surface area (Å²) in [4.78, 5) is 0. The van der Waals surface area contributed by atoms with Crippen LogP contribution in [0.15, 0.2) is 0 Å². The molecule has 10 heteroatoms. The van der Waals surface area contributed by atoms with Gasteiger partial charge in [0, 0.05) is 10.4 Å². The van der Waals surface area contributed by atoms with Gasteiger partial charge in [0.25, 0.3) is 0 Å². The molecule has 0 aromatic carbocycles. The Morgan fingerprint density at radius 3 is 1.10 bits per heavy atom. The van der Waals surface area contributed by atoms with E-state index >= 15 is 0 Å². The fourth-order valence-electron chi connectivity index (χ4n) is 0. The number of halogens is 1. The zero-order chi connectivity index (χ0) is 6.50. The van der Waals surface area contributed by atoms with Crippen LogP contribution < -0.4 is 0 Å². The summed E-state index contributed by atoms with van der Waals surface area (Å²) in [6.45, 7) is 0. The molecule has 4 N–H and O–H groups in total. The van der Waals surface area contributed by atoms with E-state index in [1.807, 2.05) is 19.5 Å². The van der Waals surface area contributed by atoms with Gasteiger partial charge >= 0.3 is 55.5 Å². The maximum absolute atomic E-state index is 8.52. The topological polar surface area (TPSA) is 143 Å². The predicted molar refractivity (Wildman–Crippen MR) is 31.7 cm³/mol.